The summed E-state index contributed by atoms with van der Waals surface area (Å²) in [6.45, 7) is 2.03. The molecule has 88 valence electrons. The molecule has 1 aromatic rings. The Labute approximate surface area is 97.4 Å². The van der Waals surface area contributed by atoms with Crippen LogP contribution in [-0.4, -0.2) is 27.4 Å². The van der Waals surface area contributed by atoms with Crippen LogP contribution in [-0.2, 0) is 11.3 Å². The maximum atomic E-state index is 11.6. The second kappa shape index (κ2) is 4.84. The van der Waals surface area contributed by atoms with Gasteiger partial charge in [-0.1, -0.05) is 11.8 Å². The Hall–Kier alpha value is -1.08. The molecule has 1 aliphatic rings. The number of hydrogen-bond donors (Lipinski definition) is 2. The maximum absolute atomic E-state index is 11.6. The first-order valence-corrected chi connectivity index (χ1v) is 6.06. The summed E-state index contributed by atoms with van der Waals surface area (Å²) in [5, 5.41) is 10.6. The van der Waals surface area contributed by atoms with Gasteiger partial charge in [-0.3, -0.25) is 4.79 Å². The van der Waals surface area contributed by atoms with Crippen LogP contribution in [0.25, 0.3) is 0 Å². The number of nitrogens with zero attached hydrogens (tertiary/aromatic N) is 2. The predicted molar refractivity (Wildman–Crippen MR) is 58.7 cm³/mol. The van der Waals surface area contributed by atoms with Crippen LogP contribution >= 0.6 is 11.8 Å². The number of carbonyl (C=O) groups is 1. The van der Waals surface area contributed by atoms with E-state index in [0.29, 0.717) is 17.2 Å². The van der Waals surface area contributed by atoms with E-state index in [-0.39, 0.29) is 17.7 Å². The van der Waals surface area contributed by atoms with E-state index in [4.69, 9.17) is 10.2 Å². The second-order valence-corrected chi connectivity index (χ2v) is 5.00. The molecule has 16 heavy (non-hydrogen) atoms. The fourth-order valence-corrected chi connectivity index (χ4v) is 1.83. The molecule has 1 saturated carbocycles. The third-order valence-electron chi connectivity index (χ3n) is 2.19. The highest BCUT2D eigenvalue weighted by Crippen LogP contribution is 2.24. The lowest BCUT2D eigenvalue weighted by Crippen LogP contribution is -2.32. The van der Waals surface area contributed by atoms with Crippen molar-refractivity contribution in [1.29, 1.82) is 0 Å². The number of hydrogen-bond acceptors (Lipinski definition) is 6. The van der Waals surface area contributed by atoms with Crippen LogP contribution in [0.5, 0.6) is 0 Å². The first kappa shape index (κ1) is 11.4. The molecule has 1 aromatic heterocycles. The van der Waals surface area contributed by atoms with Gasteiger partial charge in [0.1, 0.15) is 0 Å². The highest BCUT2D eigenvalue weighted by Gasteiger charge is 2.26. The highest BCUT2D eigenvalue weighted by molar-refractivity contribution is 8.00. The average molecular weight is 242 g/mol. The van der Waals surface area contributed by atoms with E-state index < -0.39 is 0 Å². The van der Waals surface area contributed by atoms with Gasteiger partial charge in [0, 0.05) is 6.04 Å². The molecular formula is C9H14N4O2S. The maximum Gasteiger partial charge on any atom is 0.277 e. The smallest absolute Gasteiger partial charge is 0.277 e. The van der Waals surface area contributed by atoms with E-state index >= 15 is 0 Å². The van der Waals surface area contributed by atoms with Crippen molar-refractivity contribution < 1.29 is 9.21 Å². The van der Waals surface area contributed by atoms with Crippen molar-refractivity contribution in [3.05, 3.63) is 5.89 Å². The number of nitrogens with two attached hydrogens (primary N) is 1. The van der Waals surface area contributed by atoms with Gasteiger partial charge in [0.2, 0.25) is 11.8 Å². The third-order valence-corrected chi connectivity index (χ3v) is 3.13. The molecule has 1 atom stereocenters. The molecule has 1 aliphatic carbocycles. The SMILES string of the molecule is CC(Sc1nnc(CN)o1)C(=O)NC1CC1. The molecule has 0 saturated heterocycles. The molecule has 6 nitrogen and oxygen atoms in total. The van der Waals surface area contributed by atoms with Crippen LogP contribution in [0.2, 0.25) is 0 Å². The van der Waals surface area contributed by atoms with E-state index in [1.54, 1.807) is 0 Å². The third kappa shape index (κ3) is 2.96. The van der Waals surface area contributed by atoms with Crippen LogP contribution in [0, 0.1) is 0 Å². The molecule has 7 heteroatoms. The van der Waals surface area contributed by atoms with Crippen LogP contribution in [0.3, 0.4) is 0 Å². The Kier molecular flexibility index (Phi) is 3.45. The number of carbonyl (C=O) groups excluding carboxylic acids is 1. The Morgan fingerprint density at radius 2 is 2.44 bits per heavy atom. The zero-order valence-corrected chi connectivity index (χ0v) is 9.79. The van der Waals surface area contributed by atoms with Crippen molar-refractivity contribution in [1.82, 2.24) is 15.5 Å². The van der Waals surface area contributed by atoms with Gasteiger partial charge < -0.3 is 15.5 Å². The standard InChI is InChI=1S/C9H14N4O2S/c1-5(8(14)11-6-2-3-6)16-9-13-12-7(4-10)15-9/h5-6H,2-4,10H2,1H3,(H,11,14). The Morgan fingerprint density at radius 1 is 1.69 bits per heavy atom. The lowest BCUT2D eigenvalue weighted by molar-refractivity contribution is -0.120. The summed E-state index contributed by atoms with van der Waals surface area (Å²) in [5.74, 6) is 0.400. The van der Waals surface area contributed by atoms with E-state index in [0.717, 1.165) is 12.8 Å². The van der Waals surface area contributed by atoms with Gasteiger partial charge in [-0.25, -0.2) is 0 Å². The summed E-state index contributed by atoms with van der Waals surface area (Å²) in [4.78, 5) is 11.6. The monoisotopic (exact) mass is 242 g/mol. The van der Waals surface area contributed by atoms with Crippen LogP contribution in [0.15, 0.2) is 9.64 Å². The van der Waals surface area contributed by atoms with Crippen LogP contribution in [0.1, 0.15) is 25.7 Å². The Morgan fingerprint density at radius 3 is 3.00 bits per heavy atom. The molecule has 3 N–H and O–H groups in total. The van der Waals surface area contributed by atoms with Crippen molar-refractivity contribution in [3.8, 4) is 0 Å². The lowest BCUT2D eigenvalue weighted by atomic mass is 10.4. The minimum Gasteiger partial charge on any atom is -0.415 e. The van der Waals surface area contributed by atoms with Gasteiger partial charge in [0.15, 0.2) is 0 Å². The molecule has 1 amide bonds. The second-order valence-electron chi connectivity index (χ2n) is 3.71. The Balaban J connectivity index is 1.84. The molecule has 0 spiro atoms. The van der Waals surface area contributed by atoms with Crippen molar-refractivity contribution in [3.63, 3.8) is 0 Å². The number of rotatable bonds is 5. The van der Waals surface area contributed by atoms with E-state index in [1.807, 2.05) is 6.92 Å². The van der Waals surface area contributed by atoms with Gasteiger partial charge in [-0.15, -0.1) is 10.2 Å². The van der Waals surface area contributed by atoms with Crippen molar-refractivity contribution in [2.45, 2.75) is 42.8 Å². The fraction of sp³-hybridized carbons (Fsp3) is 0.667. The average Bonchev–Trinajstić information content (AvgIpc) is 2.96. The van der Waals surface area contributed by atoms with Gasteiger partial charge >= 0.3 is 0 Å². The molecule has 0 aliphatic heterocycles. The number of aromatic nitrogens is 2. The van der Waals surface area contributed by atoms with Gasteiger partial charge in [-0.2, -0.15) is 0 Å². The summed E-state index contributed by atoms with van der Waals surface area (Å²) in [7, 11) is 0. The molecule has 0 aromatic carbocycles. The molecule has 1 fully saturated rings. The summed E-state index contributed by atoms with van der Waals surface area (Å²) < 4.78 is 5.21. The lowest BCUT2D eigenvalue weighted by Gasteiger charge is -2.08. The van der Waals surface area contributed by atoms with Crippen LogP contribution < -0.4 is 11.1 Å². The summed E-state index contributed by atoms with van der Waals surface area (Å²) in [6.07, 6.45) is 2.17. The molecular weight excluding hydrogens is 228 g/mol. The van der Waals surface area contributed by atoms with Crippen LogP contribution in [0.4, 0.5) is 0 Å². The minimum absolute atomic E-state index is 0.0139. The quantitative estimate of drug-likeness (QED) is 0.721. The van der Waals surface area contributed by atoms with Crippen molar-refractivity contribution in [2.75, 3.05) is 0 Å². The summed E-state index contributed by atoms with van der Waals surface area (Å²) in [6, 6.07) is 0.373. The number of nitrogens with one attached hydrogen (secondary N) is 1. The zero-order valence-electron chi connectivity index (χ0n) is 8.97. The largest absolute Gasteiger partial charge is 0.415 e. The van der Waals surface area contributed by atoms with Crippen molar-refractivity contribution >= 4 is 17.7 Å². The van der Waals surface area contributed by atoms with Gasteiger partial charge in [0.05, 0.1) is 11.8 Å². The summed E-state index contributed by atoms with van der Waals surface area (Å²) in [5.41, 5.74) is 5.34. The minimum atomic E-state index is -0.230. The summed E-state index contributed by atoms with van der Waals surface area (Å²) >= 11 is 1.25. The molecule has 0 bridgehead atoms. The van der Waals surface area contributed by atoms with Gasteiger partial charge in [-0.05, 0) is 19.8 Å². The van der Waals surface area contributed by atoms with E-state index in [9.17, 15) is 4.79 Å². The molecule has 1 unspecified atom stereocenters. The van der Waals surface area contributed by atoms with Gasteiger partial charge in [0.25, 0.3) is 5.22 Å². The number of amides is 1. The fourth-order valence-electron chi connectivity index (χ4n) is 1.12. The molecule has 0 radical (unpaired) electrons. The first-order valence-electron chi connectivity index (χ1n) is 5.18. The van der Waals surface area contributed by atoms with E-state index in [2.05, 4.69) is 15.5 Å². The highest BCUT2D eigenvalue weighted by atomic mass is 32.2. The van der Waals surface area contributed by atoms with Crippen molar-refractivity contribution in [2.24, 2.45) is 5.73 Å². The zero-order chi connectivity index (χ0) is 11.5. The number of thioether (sulfide) groups is 1. The first-order chi connectivity index (χ1) is 7.69. The Bertz CT molecular complexity index is 377. The normalized spacial score (nSPS) is 17.1. The molecule has 2 rings (SSSR count). The van der Waals surface area contributed by atoms with E-state index in [1.165, 1.54) is 11.8 Å². The predicted octanol–water partition coefficient (Wildman–Crippen LogP) is 0.287. The molecule has 1 heterocycles. The topological polar surface area (TPSA) is 94.0 Å².